The van der Waals surface area contributed by atoms with E-state index in [0.717, 1.165) is 12.8 Å². The molecule has 0 aliphatic carbocycles. The van der Waals surface area contributed by atoms with Gasteiger partial charge >= 0.3 is 0 Å². The number of piperidine rings is 1. The molecule has 0 aromatic carbocycles. The van der Waals surface area contributed by atoms with Crippen molar-refractivity contribution >= 4 is 0 Å². The van der Waals surface area contributed by atoms with Crippen molar-refractivity contribution in [2.24, 2.45) is 0 Å². The molecule has 1 radical (unpaired) electrons. The van der Waals surface area contributed by atoms with E-state index >= 15 is 0 Å². The smallest absolute Gasteiger partial charge is 0.0704 e. The second kappa shape index (κ2) is 3.23. The highest BCUT2D eigenvalue weighted by molar-refractivity contribution is 4.96. The Kier molecular flexibility index (Phi) is 2.72. The van der Waals surface area contributed by atoms with Crippen molar-refractivity contribution < 1.29 is 9.94 Å². The van der Waals surface area contributed by atoms with E-state index in [-0.39, 0.29) is 17.2 Å². The van der Waals surface area contributed by atoms with Gasteiger partial charge in [-0.1, -0.05) is 0 Å². The highest BCUT2D eigenvalue weighted by Crippen LogP contribution is 2.37. The summed E-state index contributed by atoms with van der Waals surface area (Å²) in [7, 11) is 3.47. The van der Waals surface area contributed by atoms with Crippen LogP contribution in [0, 0.1) is 7.11 Å². The van der Waals surface area contributed by atoms with Crippen LogP contribution in [0.25, 0.3) is 0 Å². The number of rotatable bonds is 1. The number of hydrogen-bond acceptors (Lipinski definition) is 3. The molecule has 0 unspecified atom stereocenters. The lowest BCUT2D eigenvalue weighted by molar-refractivity contribution is -0.257. The fourth-order valence-corrected chi connectivity index (χ4v) is 2.30. The van der Waals surface area contributed by atoms with Gasteiger partial charge in [-0.2, -0.15) is 5.06 Å². The standard InChI is InChI=1S/C10H20NO2/c1-9(2)6-8(13-5)7-10(3,4)11(9)12/h8,12H,5-7H2,1-4H3. The molecule has 0 amide bonds. The van der Waals surface area contributed by atoms with E-state index in [4.69, 9.17) is 4.74 Å². The average Bonchev–Trinajstić information content (AvgIpc) is 1.99. The van der Waals surface area contributed by atoms with E-state index in [1.807, 2.05) is 27.7 Å². The van der Waals surface area contributed by atoms with Crippen LogP contribution in [0.2, 0.25) is 0 Å². The molecule has 1 fully saturated rings. The first-order chi connectivity index (χ1) is 5.79. The first-order valence-corrected chi connectivity index (χ1v) is 4.70. The van der Waals surface area contributed by atoms with Crippen molar-refractivity contribution in [2.75, 3.05) is 0 Å². The molecule has 3 heteroatoms. The van der Waals surface area contributed by atoms with E-state index in [9.17, 15) is 5.21 Å². The molecule has 1 saturated heterocycles. The van der Waals surface area contributed by atoms with Gasteiger partial charge in [0.15, 0.2) is 0 Å². The zero-order chi connectivity index (χ0) is 10.3. The normalized spacial score (nSPS) is 29.1. The summed E-state index contributed by atoms with van der Waals surface area (Å²) in [5, 5.41) is 11.4. The molecule has 0 aromatic rings. The molecule has 1 N–H and O–H groups in total. The number of hydrogen-bond donors (Lipinski definition) is 1. The summed E-state index contributed by atoms with van der Waals surface area (Å²) in [5.74, 6) is 0. The summed E-state index contributed by atoms with van der Waals surface area (Å²) in [4.78, 5) is 0. The van der Waals surface area contributed by atoms with Crippen molar-refractivity contribution in [1.82, 2.24) is 5.06 Å². The van der Waals surface area contributed by atoms with E-state index in [1.165, 1.54) is 5.06 Å². The summed E-state index contributed by atoms with van der Waals surface area (Å²) in [6.07, 6.45) is 1.78. The Bertz CT molecular complexity index is 171. The second-order valence-corrected chi connectivity index (χ2v) is 5.13. The molecule has 13 heavy (non-hydrogen) atoms. The van der Waals surface area contributed by atoms with E-state index < -0.39 is 0 Å². The van der Waals surface area contributed by atoms with Gasteiger partial charge in [0.1, 0.15) is 0 Å². The van der Waals surface area contributed by atoms with Gasteiger partial charge in [-0.3, -0.25) is 0 Å². The van der Waals surface area contributed by atoms with E-state index in [1.54, 1.807) is 0 Å². The minimum absolute atomic E-state index is 0.147. The maximum Gasteiger partial charge on any atom is 0.0704 e. The summed E-state index contributed by atoms with van der Waals surface area (Å²) in [5.41, 5.74) is -0.464. The lowest BCUT2D eigenvalue weighted by Gasteiger charge is -2.50. The Morgan fingerprint density at radius 3 is 1.92 bits per heavy atom. The maximum atomic E-state index is 9.94. The van der Waals surface area contributed by atoms with Crippen molar-refractivity contribution in [1.29, 1.82) is 0 Å². The predicted molar refractivity (Wildman–Crippen MR) is 51.2 cm³/mol. The molecule has 77 valence electrons. The van der Waals surface area contributed by atoms with Crippen molar-refractivity contribution in [3.8, 4) is 0 Å². The number of ether oxygens (including phenoxy) is 1. The summed E-state index contributed by atoms with van der Waals surface area (Å²) in [6, 6.07) is 0. The van der Waals surface area contributed by atoms with Crippen LogP contribution in [0.5, 0.6) is 0 Å². The largest absolute Gasteiger partial charge is 0.376 e. The molecular formula is C10H20NO2. The molecular weight excluding hydrogens is 166 g/mol. The molecule has 0 spiro atoms. The molecule has 3 nitrogen and oxygen atoms in total. The number of nitrogens with zero attached hydrogens (tertiary/aromatic N) is 1. The van der Waals surface area contributed by atoms with Gasteiger partial charge in [0.05, 0.1) is 13.2 Å². The lowest BCUT2D eigenvalue weighted by atomic mass is 9.80. The van der Waals surface area contributed by atoms with Crippen molar-refractivity contribution in [3.63, 3.8) is 0 Å². The summed E-state index contributed by atoms with van der Waals surface area (Å²) in [6.45, 7) is 8.06. The van der Waals surface area contributed by atoms with Crippen LogP contribution >= 0.6 is 0 Å². The van der Waals surface area contributed by atoms with Crippen LogP contribution in [0.3, 0.4) is 0 Å². The molecule has 1 aliphatic heterocycles. The first kappa shape index (κ1) is 11.0. The first-order valence-electron chi connectivity index (χ1n) is 4.70. The summed E-state index contributed by atoms with van der Waals surface area (Å²) < 4.78 is 5.12. The maximum absolute atomic E-state index is 9.94. The molecule has 1 rings (SSSR count). The Labute approximate surface area is 80.6 Å². The Balaban J connectivity index is 2.82. The highest BCUT2D eigenvalue weighted by Gasteiger charge is 2.45. The van der Waals surface area contributed by atoms with Crippen LogP contribution in [0.15, 0.2) is 0 Å². The van der Waals surface area contributed by atoms with Crippen LogP contribution in [-0.4, -0.2) is 27.5 Å². The van der Waals surface area contributed by atoms with Crippen molar-refractivity contribution in [3.05, 3.63) is 7.11 Å². The van der Waals surface area contributed by atoms with Crippen LogP contribution in [0.4, 0.5) is 0 Å². The zero-order valence-electron chi connectivity index (χ0n) is 9.00. The molecule has 0 aromatic heterocycles. The molecule has 0 saturated carbocycles. The topological polar surface area (TPSA) is 32.7 Å². The zero-order valence-corrected chi connectivity index (χ0v) is 9.00. The SMILES string of the molecule is [CH2]OC1CC(C)(C)N(O)C(C)(C)C1. The third-order valence-corrected chi connectivity index (χ3v) is 2.84. The van der Waals surface area contributed by atoms with E-state index in [2.05, 4.69) is 7.11 Å². The van der Waals surface area contributed by atoms with Gasteiger partial charge < -0.3 is 9.94 Å². The van der Waals surface area contributed by atoms with Crippen LogP contribution < -0.4 is 0 Å². The van der Waals surface area contributed by atoms with Gasteiger partial charge in [-0.25, -0.2) is 0 Å². The minimum atomic E-state index is -0.232. The predicted octanol–water partition coefficient (Wildman–Crippen LogP) is 2.21. The Hall–Kier alpha value is -0.120. The Morgan fingerprint density at radius 2 is 1.62 bits per heavy atom. The lowest BCUT2D eigenvalue weighted by Crippen LogP contribution is -2.60. The quantitative estimate of drug-likeness (QED) is 0.681. The van der Waals surface area contributed by atoms with Gasteiger partial charge in [0, 0.05) is 11.1 Å². The molecule has 0 bridgehead atoms. The fourth-order valence-electron chi connectivity index (χ4n) is 2.30. The summed E-state index contributed by atoms with van der Waals surface area (Å²) >= 11 is 0. The van der Waals surface area contributed by atoms with Crippen LogP contribution in [0.1, 0.15) is 40.5 Å². The van der Waals surface area contributed by atoms with Gasteiger partial charge in [0.2, 0.25) is 0 Å². The molecule has 1 heterocycles. The van der Waals surface area contributed by atoms with Gasteiger partial charge in [-0.05, 0) is 40.5 Å². The van der Waals surface area contributed by atoms with Gasteiger partial charge in [-0.15, -0.1) is 0 Å². The second-order valence-electron chi connectivity index (χ2n) is 5.13. The fraction of sp³-hybridized carbons (Fsp3) is 0.900. The highest BCUT2D eigenvalue weighted by atomic mass is 16.5. The molecule has 0 atom stereocenters. The van der Waals surface area contributed by atoms with Crippen molar-refractivity contribution in [2.45, 2.75) is 57.7 Å². The minimum Gasteiger partial charge on any atom is -0.376 e. The van der Waals surface area contributed by atoms with Gasteiger partial charge in [0.25, 0.3) is 0 Å². The third-order valence-electron chi connectivity index (χ3n) is 2.84. The number of hydroxylamine groups is 2. The third kappa shape index (κ3) is 2.03. The average molecular weight is 186 g/mol. The monoisotopic (exact) mass is 186 g/mol. The van der Waals surface area contributed by atoms with E-state index in [0.29, 0.717) is 0 Å². The Morgan fingerprint density at radius 1 is 1.23 bits per heavy atom. The van der Waals surface area contributed by atoms with Crippen LogP contribution in [-0.2, 0) is 4.74 Å². The molecule has 1 aliphatic rings.